The minimum Gasteiger partial charge on any atom is -0.361 e. The molecule has 6 heteroatoms. The number of nitrogens with zero attached hydrogens (tertiary/aromatic N) is 3. The standard InChI is InChI=1S/C20H21N5O/c26-20-24-18-19(25(20)12-13-4-2-1-3-5-13)23-17(11-22-18)15-7-6-14-8-9-21-16(14)10-15/h6-11,13,21H,1-5,12H2,(H,22,24,26). The van der Waals surface area contributed by atoms with Gasteiger partial charge in [-0.2, -0.15) is 0 Å². The number of benzene rings is 1. The van der Waals surface area contributed by atoms with Crippen molar-refractivity contribution in [3.63, 3.8) is 0 Å². The Hall–Kier alpha value is -2.89. The van der Waals surface area contributed by atoms with Crippen LogP contribution in [0.1, 0.15) is 32.1 Å². The molecule has 0 radical (unpaired) electrons. The van der Waals surface area contributed by atoms with E-state index in [1.807, 2.05) is 18.3 Å². The van der Waals surface area contributed by atoms with Crippen molar-refractivity contribution in [1.82, 2.24) is 24.5 Å². The normalized spacial score (nSPS) is 15.8. The molecule has 132 valence electrons. The third-order valence-corrected chi connectivity index (χ3v) is 5.50. The lowest BCUT2D eigenvalue weighted by atomic mass is 9.89. The molecule has 0 aliphatic heterocycles. The van der Waals surface area contributed by atoms with Gasteiger partial charge in [0, 0.05) is 23.8 Å². The highest BCUT2D eigenvalue weighted by Gasteiger charge is 2.18. The lowest BCUT2D eigenvalue weighted by Gasteiger charge is -2.21. The number of hydrogen-bond acceptors (Lipinski definition) is 3. The summed E-state index contributed by atoms with van der Waals surface area (Å²) in [6.45, 7) is 0.729. The predicted octanol–water partition coefficient (Wildman–Crippen LogP) is 3.85. The Bertz CT molecular complexity index is 1130. The molecular weight excluding hydrogens is 326 g/mol. The van der Waals surface area contributed by atoms with Crippen LogP contribution in [0.15, 0.2) is 41.5 Å². The molecule has 1 aromatic carbocycles. The van der Waals surface area contributed by atoms with Crippen LogP contribution in [0.3, 0.4) is 0 Å². The largest absolute Gasteiger partial charge is 0.361 e. The number of fused-ring (bicyclic) bond motifs is 2. The SMILES string of the molecule is O=c1[nH]c2ncc(-c3ccc4cc[nH]c4c3)nc2n1CC1CCCCC1. The molecule has 6 nitrogen and oxygen atoms in total. The van der Waals surface area contributed by atoms with Crippen LogP contribution in [0.25, 0.3) is 33.5 Å². The zero-order valence-electron chi connectivity index (χ0n) is 14.5. The van der Waals surface area contributed by atoms with Gasteiger partial charge in [-0.25, -0.2) is 14.8 Å². The molecule has 1 aliphatic rings. The fourth-order valence-corrected chi connectivity index (χ4v) is 4.06. The van der Waals surface area contributed by atoms with Crippen LogP contribution in [0.2, 0.25) is 0 Å². The van der Waals surface area contributed by atoms with E-state index in [2.05, 4.69) is 27.1 Å². The van der Waals surface area contributed by atoms with Gasteiger partial charge in [-0.3, -0.25) is 9.55 Å². The van der Waals surface area contributed by atoms with Gasteiger partial charge in [-0.1, -0.05) is 31.4 Å². The van der Waals surface area contributed by atoms with Crippen LogP contribution in [-0.2, 0) is 6.54 Å². The maximum absolute atomic E-state index is 12.4. The van der Waals surface area contributed by atoms with Gasteiger partial charge in [0.05, 0.1) is 11.9 Å². The monoisotopic (exact) mass is 347 g/mol. The van der Waals surface area contributed by atoms with Crippen molar-refractivity contribution in [2.24, 2.45) is 5.92 Å². The predicted molar refractivity (Wildman–Crippen MR) is 102 cm³/mol. The summed E-state index contributed by atoms with van der Waals surface area (Å²) >= 11 is 0. The highest BCUT2D eigenvalue weighted by molar-refractivity contribution is 5.84. The van der Waals surface area contributed by atoms with Gasteiger partial charge in [-0.05, 0) is 36.3 Å². The van der Waals surface area contributed by atoms with Crippen LogP contribution in [0, 0.1) is 5.92 Å². The smallest absolute Gasteiger partial charge is 0.328 e. The molecule has 0 saturated heterocycles. The first kappa shape index (κ1) is 15.4. The Morgan fingerprint density at radius 2 is 2.04 bits per heavy atom. The summed E-state index contributed by atoms with van der Waals surface area (Å²) in [7, 11) is 0. The van der Waals surface area contributed by atoms with E-state index in [1.165, 1.54) is 37.5 Å². The molecular formula is C20H21N5O. The number of rotatable bonds is 3. The third-order valence-electron chi connectivity index (χ3n) is 5.50. The van der Waals surface area contributed by atoms with Crippen molar-refractivity contribution in [3.05, 3.63) is 47.1 Å². The average Bonchev–Trinajstić information content (AvgIpc) is 3.26. The molecule has 0 spiro atoms. The van der Waals surface area contributed by atoms with Gasteiger partial charge >= 0.3 is 5.69 Å². The molecule has 2 N–H and O–H groups in total. The molecule has 26 heavy (non-hydrogen) atoms. The summed E-state index contributed by atoms with van der Waals surface area (Å²) in [5.41, 5.74) is 3.96. The first-order valence-electron chi connectivity index (χ1n) is 9.31. The number of aromatic nitrogens is 5. The van der Waals surface area contributed by atoms with E-state index in [0.29, 0.717) is 17.2 Å². The first-order valence-corrected chi connectivity index (χ1v) is 9.31. The van der Waals surface area contributed by atoms with E-state index in [-0.39, 0.29) is 5.69 Å². The number of H-pyrrole nitrogens is 2. The van der Waals surface area contributed by atoms with E-state index in [1.54, 1.807) is 10.8 Å². The van der Waals surface area contributed by atoms with Crippen molar-refractivity contribution >= 4 is 22.2 Å². The van der Waals surface area contributed by atoms with Gasteiger partial charge in [0.25, 0.3) is 0 Å². The summed E-state index contributed by atoms with van der Waals surface area (Å²) in [4.78, 5) is 27.7. The Morgan fingerprint density at radius 3 is 2.92 bits per heavy atom. The lowest BCUT2D eigenvalue weighted by molar-refractivity contribution is 0.319. The molecule has 1 fully saturated rings. The highest BCUT2D eigenvalue weighted by atomic mass is 16.1. The molecule has 3 aromatic heterocycles. The number of imidazole rings is 1. The zero-order chi connectivity index (χ0) is 17.5. The van der Waals surface area contributed by atoms with Crippen molar-refractivity contribution in [3.8, 4) is 11.3 Å². The maximum Gasteiger partial charge on any atom is 0.328 e. The van der Waals surface area contributed by atoms with Crippen LogP contribution < -0.4 is 5.69 Å². The van der Waals surface area contributed by atoms with Crippen LogP contribution in [0.4, 0.5) is 0 Å². The lowest BCUT2D eigenvalue weighted by Crippen LogP contribution is -2.23. The molecule has 1 saturated carbocycles. The fraction of sp³-hybridized carbons (Fsp3) is 0.350. The summed E-state index contributed by atoms with van der Waals surface area (Å²) in [6.07, 6.45) is 9.87. The van der Waals surface area contributed by atoms with Gasteiger partial charge in [0.15, 0.2) is 11.3 Å². The molecule has 3 heterocycles. The second-order valence-electron chi connectivity index (χ2n) is 7.25. The summed E-state index contributed by atoms with van der Waals surface area (Å²) < 4.78 is 1.77. The second kappa shape index (κ2) is 6.12. The van der Waals surface area contributed by atoms with E-state index in [9.17, 15) is 4.79 Å². The van der Waals surface area contributed by atoms with E-state index in [4.69, 9.17) is 4.98 Å². The number of hydrogen-bond donors (Lipinski definition) is 2. The van der Waals surface area contributed by atoms with Gasteiger partial charge in [0.1, 0.15) is 0 Å². The zero-order valence-corrected chi connectivity index (χ0v) is 14.5. The van der Waals surface area contributed by atoms with Gasteiger partial charge in [0.2, 0.25) is 0 Å². The van der Waals surface area contributed by atoms with Crippen molar-refractivity contribution in [2.75, 3.05) is 0 Å². The summed E-state index contributed by atoms with van der Waals surface area (Å²) in [5.74, 6) is 0.557. The molecule has 0 atom stereocenters. The summed E-state index contributed by atoms with van der Waals surface area (Å²) in [6, 6.07) is 8.23. The number of aromatic amines is 2. The van der Waals surface area contributed by atoms with Crippen molar-refractivity contribution in [1.29, 1.82) is 0 Å². The highest BCUT2D eigenvalue weighted by Crippen LogP contribution is 2.26. The second-order valence-corrected chi connectivity index (χ2v) is 7.25. The van der Waals surface area contributed by atoms with Gasteiger partial charge < -0.3 is 4.98 Å². The fourth-order valence-electron chi connectivity index (χ4n) is 4.06. The van der Waals surface area contributed by atoms with Crippen LogP contribution in [0.5, 0.6) is 0 Å². The van der Waals surface area contributed by atoms with Crippen LogP contribution in [-0.4, -0.2) is 24.5 Å². The minimum atomic E-state index is -0.109. The van der Waals surface area contributed by atoms with Crippen molar-refractivity contribution in [2.45, 2.75) is 38.6 Å². The molecule has 0 unspecified atom stereocenters. The molecule has 4 aromatic rings. The first-order chi connectivity index (χ1) is 12.8. The Balaban J connectivity index is 1.57. The average molecular weight is 347 g/mol. The van der Waals surface area contributed by atoms with Crippen LogP contribution >= 0.6 is 0 Å². The Labute approximate surface area is 150 Å². The third kappa shape index (κ3) is 2.62. The molecule has 0 bridgehead atoms. The Kier molecular flexibility index (Phi) is 3.62. The number of nitrogens with one attached hydrogen (secondary N) is 2. The minimum absolute atomic E-state index is 0.109. The molecule has 0 amide bonds. The molecule has 1 aliphatic carbocycles. The quantitative estimate of drug-likeness (QED) is 0.591. The topological polar surface area (TPSA) is 79.4 Å². The van der Waals surface area contributed by atoms with E-state index in [0.717, 1.165) is 23.3 Å². The molecule has 5 rings (SSSR count). The Morgan fingerprint density at radius 1 is 1.15 bits per heavy atom. The van der Waals surface area contributed by atoms with Crippen molar-refractivity contribution < 1.29 is 0 Å². The summed E-state index contributed by atoms with van der Waals surface area (Å²) in [5, 5.41) is 1.17. The van der Waals surface area contributed by atoms with Gasteiger partial charge in [-0.15, -0.1) is 0 Å². The maximum atomic E-state index is 12.4. The van der Waals surface area contributed by atoms with E-state index < -0.39 is 0 Å². The van der Waals surface area contributed by atoms with E-state index >= 15 is 0 Å².